The summed E-state index contributed by atoms with van der Waals surface area (Å²) in [5.74, 6) is -0.967. The molecule has 1 heterocycles. The van der Waals surface area contributed by atoms with E-state index in [9.17, 15) is 14.4 Å². The van der Waals surface area contributed by atoms with Crippen molar-refractivity contribution in [2.75, 3.05) is 6.61 Å². The Morgan fingerprint density at radius 3 is 2.56 bits per heavy atom. The van der Waals surface area contributed by atoms with E-state index in [1.165, 1.54) is 18.2 Å². The summed E-state index contributed by atoms with van der Waals surface area (Å²) in [5.41, 5.74) is 3.84. The number of carbonyl (C=O) groups is 2. The Hall–Kier alpha value is -3.32. The Bertz CT molecular complexity index is 1080. The highest BCUT2D eigenvalue weighted by Crippen LogP contribution is 2.24. The Morgan fingerprint density at radius 2 is 1.81 bits per heavy atom. The number of hydrazine groups is 1. The maximum Gasteiger partial charge on any atom is 0.349 e. The van der Waals surface area contributed by atoms with E-state index in [2.05, 4.69) is 10.9 Å². The minimum Gasteiger partial charge on any atom is -0.490 e. The molecule has 0 saturated carbocycles. The van der Waals surface area contributed by atoms with Crippen molar-refractivity contribution in [2.24, 2.45) is 0 Å². The molecule has 0 bridgehead atoms. The zero-order valence-electron chi connectivity index (χ0n) is 14.2. The number of amides is 2. The van der Waals surface area contributed by atoms with E-state index in [0.717, 1.165) is 0 Å². The van der Waals surface area contributed by atoms with Crippen LogP contribution in [0.2, 0.25) is 5.02 Å². The Labute approximate surface area is 158 Å². The van der Waals surface area contributed by atoms with Crippen molar-refractivity contribution in [3.8, 4) is 5.75 Å². The summed E-state index contributed by atoms with van der Waals surface area (Å²) in [6, 6.07) is 12.7. The summed E-state index contributed by atoms with van der Waals surface area (Å²) in [4.78, 5) is 36.5. The van der Waals surface area contributed by atoms with Gasteiger partial charge in [0, 0.05) is 16.0 Å². The number of benzene rings is 2. The minimum absolute atomic E-state index is 0.248. The maximum atomic E-state index is 12.3. The average molecular weight is 387 g/mol. The number of halogens is 1. The molecule has 3 rings (SSSR count). The number of hydrogen-bond acceptors (Lipinski definition) is 5. The first-order valence-corrected chi connectivity index (χ1v) is 8.43. The standard InChI is InChI=1S/C19H15ClN2O5/c1-2-26-15-8-4-5-11-10-14(19(25)27-16(11)15)18(24)22-21-17(23)12-6-3-7-13(20)9-12/h3-10H,2H2,1H3,(H,21,23)(H,22,24). The van der Waals surface area contributed by atoms with Crippen LogP contribution in [0.1, 0.15) is 27.6 Å². The fourth-order valence-electron chi connectivity index (χ4n) is 2.43. The molecule has 2 N–H and O–H groups in total. The van der Waals surface area contributed by atoms with Crippen molar-refractivity contribution in [1.82, 2.24) is 10.9 Å². The second-order valence-electron chi connectivity index (χ2n) is 5.47. The number of carbonyl (C=O) groups excluding carboxylic acids is 2. The van der Waals surface area contributed by atoms with Gasteiger partial charge in [-0.25, -0.2) is 4.79 Å². The Balaban J connectivity index is 1.80. The summed E-state index contributed by atoms with van der Waals surface area (Å²) in [6.07, 6.45) is 0. The van der Waals surface area contributed by atoms with Crippen LogP contribution in [0.15, 0.2) is 57.7 Å². The van der Waals surface area contributed by atoms with E-state index < -0.39 is 17.4 Å². The van der Waals surface area contributed by atoms with Gasteiger partial charge < -0.3 is 9.15 Å². The van der Waals surface area contributed by atoms with E-state index in [-0.39, 0.29) is 16.7 Å². The third-order valence-corrected chi connectivity index (χ3v) is 3.88. The number of nitrogens with one attached hydrogen (secondary N) is 2. The van der Waals surface area contributed by atoms with Crippen LogP contribution in [0.3, 0.4) is 0 Å². The quantitative estimate of drug-likeness (QED) is 0.530. The molecule has 0 aliphatic heterocycles. The predicted octanol–water partition coefficient (Wildman–Crippen LogP) is 2.92. The molecule has 0 spiro atoms. The first-order valence-electron chi connectivity index (χ1n) is 8.05. The number of fused-ring (bicyclic) bond motifs is 1. The van der Waals surface area contributed by atoms with E-state index in [4.69, 9.17) is 20.8 Å². The minimum atomic E-state index is -0.843. The second kappa shape index (κ2) is 7.92. The molecule has 0 unspecified atom stereocenters. The fraction of sp³-hybridized carbons (Fsp3) is 0.105. The van der Waals surface area contributed by atoms with E-state index in [1.54, 1.807) is 37.3 Å². The Kier molecular flexibility index (Phi) is 5.42. The van der Waals surface area contributed by atoms with Crippen LogP contribution < -0.4 is 21.2 Å². The highest BCUT2D eigenvalue weighted by atomic mass is 35.5. The van der Waals surface area contributed by atoms with Gasteiger partial charge in [0.1, 0.15) is 5.56 Å². The van der Waals surface area contributed by atoms with Gasteiger partial charge in [-0.2, -0.15) is 0 Å². The molecule has 0 atom stereocenters. The van der Waals surface area contributed by atoms with Crippen LogP contribution in [-0.2, 0) is 0 Å². The summed E-state index contributed by atoms with van der Waals surface area (Å²) in [7, 11) is 0. The van der Waals surface area contributed by atoms with E-state index in [1.807, 2.05) is 0 Å². The van der Waals surface area contributed by atoms with Gasteiger partial charge in [-0.05, 0) is 37.3 Å². The van der Waals surface area contributed by atoms with Crippen molar-refractivity contribution in [2.45, 2.75) is 6.92 Å². The molecule has 0 aliphatic carbocycles. The largest absolute Gasteiger partial charge is 0.490 e. The molecule has 0 saturated heterocycles. The zero-order valence-corrected chi connectivity index (χ0v) is 15.0. The van der Waals surface area contributed by atoms with E-state index >= 15 is 0 Å². The van der Waals surface area contributed by atoms with Gasteiger partial charge in [0.2, 0.25) is 0 Å². The summed E-state index contributed by atoms with van der Waals surface area (Å²) < 4.78 is 10.6. The fourth-order valence-corrected chi connectivity index (χ4v) is 2.62. The molecule has 7 nitrogen and oxygen atoms in total. The third-order valence-electron chi connectivity index (χ3n) is 3.64. The normalized spacial score (nSPS) is 10.4. The lowest BCUT2D eigenvalue weighted by atomic mass is 10.1. The lowest BCUT2D eigenvalue weighted by Gasteiger charge is -2.09. The van der Waals surface area contributed by atoms with E-state index in [0.29, 0.717) is 22.8 Å². The Morgan fingerprint density at radius 1 is 1.07 bits per heavy atom. The molecule has 2 amide bonds. The highest BCUT2D eigenvalue weighted by molar-refractivity contribution is 6.31. The molecule has 138 valence electrons. The van der Waals surface area contributed by atoms with Crippen LogP contribution in [0.25, 0.3) is 11.0 Å². The van der Waals surface area contributed by atoms with Crippen molar-refractivity contribution in [1.29, 1.82) is 0 Å². The molecule has 27 heavy (non-hydrogen) atoms. The molecule has 1 aromatic heterocycles. The van der Waals surface area contributed by atoms with Gasteiger partial charge >= 0.3 is 5.63 Å². The molecule has 0 fully saturated rings. The third kappa shape index (κ3) is 4.09. The van der Waals surface area contributed by atoms with Crippen molar-refractivity contribution in [3.63, 3.8) is 0 Å². The van der Waals surface area contributed by atoms with Gasteiger partial charge in [0.25, 0.3) is 11.8 Å². The van der Waals surface area contributed by atoms with Crippen LogP contribution >= 0.6 is 11.6 Å². The van der Waals surface area contributed by atoms with Gasteiger partial charge in [0.15, 0.2) is 11.3 Å². The monoisotopic (exact) mass is 386 g/mol. The number of rotatable bonds is 4. The van der Waals surface area contributed by atoms with Gasteiger partial charge in [-0.1, -0.05) is 29.8 Å². The molecular weight excluding hydrogens is 372 g/mol. The second-order valence-corrected chi connectivity index (χ2v) is 5.91. The van der Waals surface area contributed by atoms with Crippen LogP contribution in [0, 0.1) is 0 Å². The van der Waals surface area contributed by atoms with Crippen molar-refractivity contribution >= 4 is 34.4 Å². The van der Waals surface area contributed by atoms with Crippen LogP contribution in [0.5, 0.6) is 5.75 Å². The number of hydrogen-bond donors (Lipinski definition) is 2. The van der Waals surface area contributed by atoms with Gasteiger partial charge in [-0.15, -0.1) is 0 Å². The average Bonchev–Trinajstić information content (AvgIpc) is 2.66. The smallest absolute Gasteiger partial charge is 0.349 e. The molecular formula is C19H15ClN2O5. The predicted molar refractivity (Wildman–Crippen MR) is 100 cm³/mol. The molecule has 0 aliphatic rings. The van der Waals surface area contributed by atoms with Gasteiger partial charge in [-0.3, -0.25) is 20.4 Å². The lowest BCUT2D eigenvalue weighted by Crippen LogP contribution is -2.43. The van der Waals surface area contributed by atoms with Crippen molar-refractivity contribution < 1.29 is 18.7 Å². The maximum absolute atomic E-state index is 12.3. The lowest BCUT2D eigenvalue weighted by molar-refractivity contribution is 0.0844. The molecule has 2 aromatic carbocycles. The first kappa shape index (κ1) is 18.5. The van der Waals surface area contributed by atoms with Crippen LogP contribution in [-0.4, -0.2) is 18.4 Å². The molecule has 3 aromatic rings. The summed E-state index contributed by atoms with van der Waals surface area (Å²) in [5, 5.41) is 0.904. The van der Waals surface area contributed by atoms with Crippen molar-refractivity contribution in [3.05, 3.63) is 75.1 Å². The van der Waals surface area contributed by atoms with Gasteiger partial charge in [0.05, 0.1) is 6.61 Å². The summed E-state index contributed by atoms with van der Waals surface area (Å²) >= 11 is 5.83. The topological polar surface area (TPSA) is 97.6 Å². The summed E-state index contributed by atoms with van der Waals surface area (Å²) in [6.45, 7) is 2.21. The van der Waals surface area contributed by atoms with Crippen LogP contribution in [0.4, 0.5) is 0 Å². The number of para-hydroxylation sites is 1. The number of ether oxygens (including phenoxy) is 1. The highest BCUT2D eigenvalue weighted by Gasteiger charge is 2.16. The SMILES string of the molecule is CCOc1cccc2cc(C(=O)NNC(=O)c3cccc(Cl)c3)c(=O)oc12. The molecule has 8 heteroatoms. The molecule has 0 radical (unpaired) electrons. The first-order chi connectivity index (χ1) is 13.0. The zero-order chi connectivity index (χ0) is 19.4.